The topological polar surface area (TPSA) is 96.9 Å². The van der Waals surface area contributed by atoms with E-state index in [1.807, 2.05) is 24.3 Å². The number of aromatic nitrogens is 3. The molecular weight excluding hydrogens is 354 g/mol. The van der Waals surface area contributed by atoms with Gasteiger partial charge >= 0.3 is 0 Å². The second kappa shape index (κ2) is 7.63. The number of hydrogen-bond donors (Lipinski definition) is 2. The highest BCUT2D eigenvalue weighted by Crippen LogP contribution is 2.29. The van der Waals surface area contributed by atoms with Crippen LogP contribution in [0.3, 0.4) is 0 Å². The van der Waals surface area contributed by atoms with Crippen LogP contribution in [-0.2, 0) is 9.59 Å². The molecule has 0 bridgehead atoms. The molecule has 2 heterocycles. The third-order valence-corrected chi connectivity index (χ3v) is 4.16. The molecule has 0 radical (unpaired) electrons. The predicted octanol–water partition coefficient (Wildman–Crippen LogP) is 3.62. The van der Waals surface area contributed by atoms with Gasteiger partial charge < -0.3 is 10.6 Å². The summed E-state index contributed by atoms with van der Waals surface area (Å²) in [5.41, 5.74) is 2.21. The van der Waals surface area contributed by atoms with E-state index < -0.39 is 0 Å². The van der Waals surface area contributed by atoms with Gasteiger partial charge in [-0.3, -0.25) is 14.6 Å². The van der Waals surface area contributed by atoms with Crippen molar-refractivity contribution in [2.45, 2.75) is 0 Å². The number of carbonyl (C=O) groups is 2. The van der Waals surface area contributed by atoms with Crippen LogP contribution in [0.4, 0.5) is 17.2 Å². The van der Waals surface area contributed by atoms with Gasteiger partial charge in [-0.05, 0) is 36.4 Å². The van der Waals surface area contributed by atoms with Crippen molar-refractivity contribution in [2.24, 2.45) is 0 Å². The summed E-state index contributed by atoms with van der Waals surface area (Å²) in [5.74, 6) is 0.230. The Balaban J connectivity index is 1.72. The summed E-state index contributed by atoms with van der Waals surface area (Å²) in [6, 6.07) is 13.2. The molecule has 2 aromatic heterocycles. The second-order valence-corrected chi connectivity index (χ2v) is 5.97. The molecular formula is C21H15N5O2. The summed E-state index contributed by atoms with van der Waals surface area (Å²) >= 11 is 0. The van der Waals surface area contributed by atoms with E-state index in [0.717, 1.165) is 33.4 Å². The lowest BCUT2D eigenvalue weighted by Crippen LogP contribution is -2.08. The predicted molar refractivity (Wildman–Crippen MR) is 108 cm³/mol. The fraction of sp³-hybridized carbons (Fsp3) is 0. The smallest absolute Gasteiger partial charge is 0.248 e. The number of pyridine rings is 1. The molecule has 0 spiro atoms. The van der Waals surface area contributed by atoms with Crippen molar-refractivity contribution in [3.8, 4) is 0 Å². The van der Waals surface area contributed by atoms with Crippen molar-refractivity contribution in [3.63, 3.8) is 0 Å². The van der Waals surface area contributed by atoms with Gasteiger partial charge in [0.2, 0.25) is 5.91 Å². The van der Waals surface area contributed by atoms with Crippen LogP contribution < -0.4 is 10.6 Å². The first-order chi connectivity index (χ1) is 13.7. The van der Waals surface area contributed by atoms with Crippen LogP contribution in [0.2, 0.25) is 0 Å². The minimum Gasteiger partial charge on any atom is -0.339 e. The Labute approximate surface area is 160 Å². The second-order valence-electron chi connectivity index (χ2n) is 5.97. The van der Waals surface area contributed by atoms with E-state index in [2.05, 4.69) is 25.6 Å². The Hall–Kier alpha value is -4.13. The molecule has 7 heteroatoms. The van der Waals surface area contributed by atoms with Gasteiger partial charge in [0.25, 0.3) is 0 Å². The molecule has 0 aliphatic heterocycles. The van der Waals surface area contributed by atoms with E-state index in [0.29, 0.717) is 17.8 Å². The number of carbonyl (C=O) groups excluding carboxylic acids is 2. The Morgan fingerprint density at radius 1 is 1.04 bits per heavy atom. The Kier molecular flexibility index (Phi) is 4.71. The number of rotatable bonds is 5. The molecule has 0 atom stereocenters. The molecule has 28 heavy (non-hydrogen) atoms. The van der Waals surface area contributed by atoms with Crippen LogP contribution in [0.15, 0.2) is 73.3 Å². The molecule has 2 aromatic carbocycles. The molecule has 0 fully saturated rings. The van der Waals surface area contributed by atoms with Gasteiger partial charge in [0, 0.05) is 46.0 Å². The maximum absolute atomic E-state index is 11.8. The quantitative estimate of drug-likeness (QED) is 0.412. The van der Waals surface area contributed by atoms with Gasteiger partial charge in [0.05, 0.1) is 5.52 Å². The first-order valence-electron chi connectivity index (χ1n) is 8.52. The van der Waals surface area contributed by atoms with Gasteiger partial charge in [0.15, 0.2) is 0 Å². The Bertz CT molecular complexity index is 1210. The molecule has 136 valence electrons. The van der Waals surface area contributed by atoms with Gasteiger partial charge in [-0.15, -0.1) is 0 Å². The summed E-state index contributed by atoms with van der Waals surface area (Å²) in [6.45, 7) is 0. The van der Waals surface area contributed by atoms with Crippen molar-refractivity contribution in [1.82, 2.24) is 15.0 Å². The van der Waals surface area contributed by atoms with Crippen molar-refractivity contribution in [3.05, 3.63) is 73.3 Å². The number of amides is 1. The number of hydrogen-bond acceptors (Lipinski definition) is 6. The van der Waals surface area contributed by atoms with Crippen LogP contribution in [0, 0.1) is 0 Å². The van der Waals surface area contributed by atoms with Gasteiger partial charge in [-0.2, -0.15) is 0 Å². The van der Waals surface area contributed by atoms with Crippen LogP contribution in [-0.4, -0.2) is 27.1 Å². The van der Waals surface area contributed by atoms with E-state index >= 15 is 0 Å². The van der Waals surface area contributed by atoms with Crippen LogP contribution >= 0.6 is 0 Å². The fourth-order valence-electron chi connectivity index (χ4n) is 2.90. The summed E-state index contributed by atoms with van der Waals surface area (Å²) in [6.07, 6.45) is 7.90. The first-order valence-corrected chi connectivity index (χ1v) is 8.52. The van der Waals surface area contributed by atoms with E-state index in [1.165, 1.54) is 12.4 Å². The lowest BCUT2D eigenvalue weighted by molar-refractivity contribution is -0.112. The van der Waals surface area contributed by atoms with Crippen molar-refractivity contribution >= 4 is 51.1 Å². The zero-order valence-electron chi connectivity index (χ0n) is 14.7. The van der Waals surface area contributed by atoms with Crippen LogP contribution in [0.1, 0.15) is 0 Å². The maximum Gasteiger partial charge on any atom is 0.248 e. The molecule has 2 N–H and O–H groups in total. The standard InChI is InChI=1S/C21H15N5O2/c27-10-2-5-20(28)25-15-6-7-18-17(11-15)21(24-13-23-18)26-19-4-1-3-14-12-22-9-8-16(14)19/h1-13H,(H,25,28)(H,23,24,26). The van der Waals surface area contributed by atoms with Crippen LogP contribution in [0.5, 0.6) is 0 Å². The fourth-order valence-corrected chi connectivity index (χ4v) is 2.90. The van der Waals surface area contributed by atoms with E-state index in [9.17, 15) is 9.59 Å². The Morgan fingerprint density at radius 3 is 2.86 bits per heavy atom. The highest BCUT2D eigenvalue weighted by molar-refractivity contribution is 6.03. The number of nitrogens with zero attached hydrogens (tertiary/aromatic N) is 3. The average molecular weight is 369 g/mol. The SMILES string of the molecule is O=CC=CC(=O)Nc1ccc2ncnc(Nc3cccc4cnccc34)c2c1. The zero-order chi connectivity index (χ0) is 19.3. The third kappa shape index (κ3) is 3.54. The Morgan fingerprint density at radius 2 is 1.96 bits per heavy atom. The minimum atomic E-state index is -0.389. The van der Waals surface area contributed by atoms with Crippen molar-refractivity contribution in [2.75, 3.05) is 10.6 Å². The van der Waals surface area contributed by atoms with E-state index in [1.54, 1.807) is 30.6 Å². The number of benzene rings is 2. The largest absolute Gasteiger partial charge is 0.339 e. The number of allylic oxidation sites excluding steroid dienone is 1. The molecule has 0 saturated heterocycles. The third-order valence-electron chi connectivity index (χ3n) is 4.16. The number of nitrogens with one attached hydrogen (secondary N) is 2. The molecule has 0 aliphatic carbocycles. The molecule has 0 saturated carbocycles. The first kappa shape index (κ1) is 17.3. The van der Waals surface area contributed by atoms with Crippen molar-refractivity contribution < 1.29 is 9.59 Å². The molecule has 0 aliphatic rings. The van der Waals surface area contributed by atoms with Gasteiger partial charge in [-0.1, -0.05) is 12.1 Å². The molecule has 4 rings (SSSR count). The summed E-state index contributed by atoms with van der Waals surface area (Å²) in [4.78, 5) is 35.0. The molecule has 7 nitrogen and oxygen atoms in total. The zero-order valence-corrected chi connectivity index (χ0v) is 14.7. The van der Waals surface area contributed by atoms with Crippen LogP contribution in [0.25, 0.3) is 21.7 Å². The highest BCUT2D eigenvalue weighted by Gasteiger charge is 2.08. The number of fused-ring (bicyclic) bond motifs is 2. The lowest BCUT2D eigenvalue weighted by atomic mass is 10.1. The number of aldehydes is 1. The van der Waals surface area contributed by atoms with E-state index in [-0.39, 0.29) is 5.91 Å². The minimum absolute atomic E-state index is 0.389. The molecule has 4 aromatic rings. The van der Waals surface area contributed by atoms with E-state index in [4.69, 9.17) is 0 Å². The molecule has 0 unspecified atom stereocenters. The van der Waals surface area contributed by atoms with Crippen molar-refractivity contribution in [1.29, 1.82) is 0 Å². The summed E-state index contributed by atoms with van der Waals surface area (Å²) < 4.78 is 0. The maximum atomic E-state index is 11.8. The normalized spacial score (nSPS) is 11.0. The average Bonchev–Trinajstić information content (AvgIpc) is 2.73. The molecule has 1 amide bonds. The lowest BCUT2D eigenvalue weighted by Gasteiger charge is -2.12. The number of anilines is 3. The van der Waals surface area contributed by atoms with Gasteiger partial charge in [-0.25, -0.2) is 9.97 Å². The highest BCUT2D eigenvalue weighted by atomic mass is 16.1. The summed E-state index contributed by atoms with van der Waals surface area (Å²) in [7, 11) is 0. The monoisotopic (exact) mass is 369 g/mol. The summed E-state index contributed by atoms with van der Waals surface area (Å²) in [5, 5.41) is 8.86. The van der Waals surface area contributed by atoms with Gasteiger partial charge in [0.1, 0.15) is 18.4 Å².